The molecule has 0 amide bonds. The smallest absolute Gasteiger partial charge is 0.169 e. The van der Waals surface area contributed by atoms with Crippen molar-refractivity contribution in [3.05, 3.63) is 72.4 Å². The predicted molar refractivity (Wildman–Crippen MR) is 131 cm³/mol. The molecule has 4 heterocycles. The van der Waals surface area contributed by atoms with E-state index < -0.39 is 0 Å². The Morgan fingerprint density at radius 2 is 1.79 bits per heavy atom. The molecule has 3 aromatic heterocycles. The van der Waals surface area contributed by atoms with Gasteiger partial charge in [0.1, 0.15) is 5.82 Å². The van der Waals surface area contributed by atoms with Crippen LogP contribution in [-0.2, 0) is 13.5 Å². The summed E-state index contributed by atoms with van der Waals surface area (Å²) < 4.78 is 1.79. The number of piperazine rings is 1. The molecule has 4 aromatic rings. The van der Waals surface area contributed by atoms with Crippen LogP contribution < -0.4 is 4.90 Å². The number of carbonyl (C=O) groups excluding carboxylic acids is 1. The molecule has 0 radical (unpaired) electrons. The van der Waals surface area contributed by atoms with E-state index in [2.05, 4.69) is 50.0 Å². The number of aryl methyl sites for hydroxylation is 1. The molecule has 0 atom stereocenters. The van der Waals surface area contributed by atoms with Crippen molar-refractivity contribution in [1.29, 1.82) is 0 Å². The fraction of sp³-hybridized carbons (Fsp3) is 0.308. The first-order chi connectivity index (χ1) is 16.1. The molecular weight excluding hydrogens is 412 g/mol. The molecule has 5 rings (SSSR count). The summed E-state index contributed by atoms with van der Waals surface area (Å²) in [6.07, 6.45) is 7.70. The number of Topliss-reactive ketones (excluding diaryl/α,β-unsaturated/α-hetero) is 1. The molecule has 0 unspecified atom stereocenters. The second-order valence-corrected chi connectivity index (χ2v) is 8.56. The van der Waals surface area contributed by atoms with Gasteiger partial charge in [0.25, 0.3) is 0 Å². The van der Waals surface area contributed by atoms with E-state index in [1.807, 2.05) is 37.8 Å². The summed E-state index contributed by atoms with van der Waals surface area (Å²) in [4.78, 5) is 26.8. The number of fused-ring (bicyclic) bond motifs is 1. The van der Waals surface area contributed by atoms with Crippen molar-refractivity contribution in [3.8, 4) is 11.1 Å². The zero-order valence-electron chi connectivity index (χ0n) is 19.1. The Kier molecular flexibility index (Phi) is 5.88. The molecule has 0 N–H and O–H groups in total. The van der Waals surface area contributed by atoms with Crippen molar-refractivity contribution in [1.82, 2.24) is 24.6 Å². The Labute approximate surface area is 193 Å². The first kappa shape index (κ1) is 21.3. The molecule has 0 aliphatic carbocycles. The minimum atomic E-state index is 0.0566. The molecule has 7 nitrogen and oxygen atoms in total. The number of nitrogens with zero attached hydrogens (tertiary/aromatic N) is 6. The highest BCUT2D eigenvalue weighted by atomic mass is 16.1. The maximum absolute atomic E-state index is 13.1. The summed E-state index contributed by atoms with van der Waals surface area (Å²) in [7, 11) is 1.91. The van der Waals surface area contributed by atoms with Crippen molar-refractivity contribution >= 4 is 22.4 Å². The van der Waals surface area contributed by atoms with Gasteiger partial charge in [-0.05, 0) is 41.8 Å². The van der Waals surface area contributed by atoms with Gasteiger partial charge >= 0.3 is 0 Å². The van der Waals surface area contributed by atoms with Crippen LogP contribution in [-0.4, -0.2) is 63.2 Å². The maximum atomic E-state index is 13.1. The number of hydrogen-bond acceptors (Lipinski definition) is 6. The Morgan fingerprint density at radius 3 is 2.55 bits per heavy atom. The van der Waals surface area contributed by atoms with E-state index in [-0.39, 0.29) is 12.2 Å². The molecule has 1 aliphatic rings. The van der Waals surface area contributed by atoms with E-state index in [0.717, 1.165) is 66.1 Å². The van der Waals surface area contributed by atoms with Crippen molar-refractivity contribution in [3.63, 3.8) is 0 Å². The third-order valence-corrected chi connectivity index (χ3v) is 6.37. The molecule has 1 aliphatic heterocycles. The van der Waals surface area contributed by atoms with Gasteiger partial charge in [-0.3, -0.25) is 14.5 Å². The number of carbonyl (C=O) groups is 1. The Hall–Kier alpha value is -3.58. The van der Waals surface area contributed by atoms with E-state index in [1.165, 1.54) is 0 Å². The molecule has 1 aromatic carbocycles. The van der Waals surface area contributed by atoms with Crippen molar-refractivity contribution < 1.29 is 4.79 Å². The fourth-order valence-electron chi connectivity index (χ4n) is 4.36. The first-order valence-corrected chi connectivity index (χ1v) is 11.4. The molecule has 0 bridgehead atoms. The maximum Gasteiger partial charge on any atom is 0.169 e. The SMILES string of the molecule is CCN1CCN(c2cc(C(=O)Cc3cc4cc(-c5cnn(C)c5)ccc4cn3)ccn2)CC1. The molecular formula is C26H28N6O. The zero-order chi connectivity index (χ0) is 22.8. The number of ketones is 1. The molecule has 0 spiro atoms. The summed E-state index contributed by atoms with van der Waals surface area (Å²) in [5, 5.41) is 6.38. The average molecular weight is 441 g/mol. The Balaban J connectivity index is 1.33. The van der Waals surface area contributed by atoms with Gasteiger partial charge in [0, 0.05) is 74.0 Å². The van der Waals surface area contributed by atoms with Gasteiger partial charge in [-0.2, -0.15) is 5.10 Å². The van der Waals surface area contributed by atoms with Gasteiger partial charge < -0.3 is 9.80 Å². The molecule has 1 fully saturated rings. The molecule has 1 saturated heterocycles. The van der Waals surface area contributed by atoms with Crippen molar-refractivity contribution in [2.75, 3.05) is 37.6 Å². The van der Waals surface area contributed by atoms with Crippen LogP contribution in [0.15, 0.2) is 61.2 Å². The van der Waals surface area contributed by atoms with E-state index in [4.69, 9.17) is 0 Å². The van der Waals surface area contributed by atoms with Crippen LogP contribution in [0.4, 0.5) is 5.82 Å². The predicted octanol–water partition coefficient (Wildman–Crippen LogP) is 3.60. The van der Waals surface area contributed by atoms with Crippen LogP contribution >= 0.6 is 0 Å². The van der Waals surface area contributed by atoms with Gasteiger partial charge in [0.2, 0.25) is 0 Å². The highest BCUT2D eigenvalue weighted by molar-refractivity contribution is 5.98. The van der Waals surface area contributed by atoms with Crippen LogP contribution in [0.2, 0.25) is 0 Å². The molecule has 0 saturated carbocycles. The van der Waals surface area contributed by atoms with Crippen LogP contribution in [0.1, 0.15) is 23.0 Å². The monoisotopic (exact) mass is 440 g/mol. The average Bonchev–Trinajstić information content (AvgIpc) is 3.30. The molecule has 7 heteroatoms. The lowest BCUT2D eigenvalue weighted by molar-refractivity contribution is 0.0992. The van der Waals surface area contributed by atoms with Crippen LogP contribution in [0.5, 0.6) is 0 Å². The van der Waals surface area contributed by atoms with E-state index >= 15 is 0 Å². The van der Waals surface area contributed by atoms with Gasteiger partial charge in [-0.15, -0.1) is 0 Å². The lowest BCUT2D eigenvalue weighted by Gasteiger charge is -2.34. The Morgan fingerprint density at radius 1 is 0.939 bits per heavy atom. The second-order valence-electron chi connectivity index (χ2n) is 8.56. The minimum Gasteiger partial charge on any atom is -0.354 e. The van der Waals surface area contributed by atoms with Crippen molar-refractivity contribution in [2.24, 2.45) is 7.05 Å². The zero-order valence-corrected chi connectivity index (χ0v) is 19.1. The second kappa shape index (κ2) is 9.11. The number of hydrogen-bond donors (Lipinski definition) is 0. The minimum absolute atomic E-state index is 0.0566. The normalized spacial score (nSPS) is 14.7. The number of likely N-dealkylation sites (N-methyl/N-ethyl adjacent to an activating group) is 1. The number of anilines is 1. The third kappa shape index (κ3) is 4.64. The fourth-order valence-corrected chi connectivity index (χ4v) is 4.36. The van der Waals surface area contributed by atoms with Gasteiger partial charge in [0.15, 0.2) is 5.78 Å². The summed E-state index contributed by atoms with van der Waals surface area (Å²) in [5.74, 6) is 0.935. The highest BCUT2D eigenvalue weighted by Crippen LogP contribution is 2.25. The molecule has 33 heavy (non-hydrogen) atoms. The van der Waals surface area contributed by atoms with E-state index in [9.17, 15) is 4.79 Å². The number of pyridine rings is 2. The topological polar surface area (TPSA) is 67.2 Å². The first-order valence-electron chi connectivity index (χ1n) is 11.4. The molecule has 168 valence electrons. The summed E-state index contributed by atoms with van der Waals surface area (Å²) >= 11 is 0. The lowest BCUT2D eigenvalue weighted by atomic mass is 10.0. The quantitative estimate of drug-likeness (QED) is 0.427. The third-order valence-electron chi connectivity index (χ3n) is 6.37. The number of rotatable bonds is 6. The largest absolute Gasteiger partial charge is 0.354 e. The summed E-state index contributed by atoms with van der Waals surface area (Å²) in [6, 6.07) is 12.0. The standard InChI is InChI=1S/C26H28N6O/c1-3-31-8-10-32(11-9-31)26-14-20(6-7-27-26)25(33)15-24-13-22-12-19(4-5-21(22)16-28-24)23-17-29-30(2)18-23/h4-7,12-14,16-18H,3,8-11,15H2,1-2H3. The van der Waals surface area contributed by atoms with Gasteiger partial charge in [-0.25, -0.2) is 4.98 Å². The highest BCUT2D eigenvalue weighted by Gasteiger charge is 2.18. The number of aromatic nitrogens is 4. The van der Waals surface area contributed by atoms with E-state index in [1.54, 1.807) is 16.9 Å². The van der Waals surface area contributed by atoms with Crippen LogP contribution in [0.25, 0.3) is 21.9 Å². The van der Waals surface area contributed by atoms with Gasteiger partial charge in [-0.1, -0.05) is 19.1 Å². The van der Waals surface area contributed by atoms with Crippen LogP contribution in [0.3, 0.4) is 0 Å². The summed E-state index contributed by atoms with van der Waals surface area (Å²) in [6.45, 7) is 7.18. The van der Waals surface area contributed by atoms with Gasteiger partial charge in [0.05, 0.1) is 12.6 Å². The number of benzene rings is 1. The van der Waals surface area contributed by atoms with E-state index in [0.29, 0.717) is 5.56 Å². The lowest BCUT2D eigenvalue weighted by Crippen LogP contribution is -2.46. The Bertz CT molecular complexity index is 1290. The van der Waals surface area contributed by atoms with Crippen molar-refractivity contribution in [2.45, 2.75) is 13.3 Å². The summed E-state index contributed by atoms with van der Waals surface area (Å²) in [5.41, 5.74) is 3.62. The van der Waals surface area contributed by atoms with Crippen LogP contribution in [0, 0.1) is 0 Å².